The van der Waals surface area contributed by atoms with Crippen molar-refractivity contribution in [3.8, 4) is 5.75 Å². The number of halogens is 2. The average molecular weight is 245 g/mol. The molecule has 0 amide bonds. The molecule has 0 aliphatic carbocycles. The lowest BCUT2D eigenvalue weighted by Crippen LogP contribution is -2.19. The van der Waals surface area contributed by atoms with E-state index in [0.29, 0.717) is 0 Å². The zero-order valence-corrected chi connectivity index (χ0v) is 10.1. The van der Waals surface area contributed by atoms with Crippen LogP contribution in [0.15, 0.2) is 18.2 Å². The molecule has 1 aromatic carbocycles. The fraction of sp³-hybridized carbons (Fsp3) is 0.417. The SMILES string of the molecule is CCC(C)C(=O)COc1c(F)cccc1Cl. The number of benzene rings is 1. The molecule has 1 unspecified atom stereocenters. The smallest absolute Gasteiger partial charge is 0.174 e. The minimum absolute atomic E-state index is 0.0539. The number of para-hydroxylation sites is 1. The largest absolute Gasteiger partial charge is 0.481 e. The first-order valence-corrected chi connectivity index (χ1v) is 5.53. The maximum atomic E-state index is 13.3. The number of ketones is 1. The van der Waals surface area contributed by atoms with Crippen LogP contribution in [0.25, 0.3) is 0 Å². The van der Waals surface area contributed by atoms with Crippen LogP contribution in [0, 0.1) is 11.7 Å². The zero-order valence-electron chi connectivity index (χ0n) is 9.30. The van der Waals surface area contributed by atoms with Gasteiger partial charge in [-0.25, -0.2) is 4.39 Å². The van der Waals surface area contributed by atoms with E-state index in [1.54, 1.807) is 0 Å². The van der Waals surface area contributed by atoms with Crippen molar-refractivity contribution in [2.75, 3.05) is 6.61 Å². The predicted octanol–water partition coefficient (Wildman–Crippen LogP) is 3.47. The van der Waals surface area contributed by atoms with Gasteiger partial charge in [-0.15, -0.1) is 0 Å². The van der Waals surface area contributed by atoms with Gasteiger partial charge in [0.05, 0.1) is 5.02 Å². The summed E-state index contributed by atoms with van der Waals surface area (Å²) in [5.74, 6) is -0.738. The van der Waals surface area contributed by atoms with Crippen molar-refractivity contribution in [1.82, 2.24) is 0 Å². The predicted molar refractivity (Wildman–Crippen MR) is 61.4 cm³/mol. The molecule has 0 bridgehead atoms. The Balaban J connectivity index is 2.65. The summed E-state index contributed by atoms with van der Waals surface area (Å²) in [7, 11) is 0. The highest BCUT2D eigenvalue weighted by Crippen LogP contribution is 2.27. The molecule has 4 heteroatoms. The molecule has 0 aliphatic rings. The topological polar surface area (TPSA) is 26.3 Å². The molecular formula is C12H14ClFO2. The van der Waals surface area contributed by atoms with E-state index in [-0.39, 0.29) is 29.1 Å². The summed E-state index contributed by atoms with van der Waals surface area (Å²) in [4.78, 5) is 11.5. The Bertz CT molecular complexity index is 359. The third-order valence-corrected chi connectivity index (χ3v) is 2.74. The van der Waals surface area contributed by atoms with Gasteiger partial charge in [-0.3, -0.25) is 4.79 Å². The van der Waals surface area contributed by atoms with Gasteiger partial charge in [0.15, 0.2) is 17.3 Å². The standard InChI is InChI=1S/C12H14ClFO2/c1-3-8(2)11(15)7-16-12-9(13)5-4-6-10(12)14/h4-6,8H,3,7H2,1-2H3. The van der Waals surface area contributed by atoms with Gasteiger partial charge in [-0.05, 0) is 18.6 Å². The van der Waals surface area contributed by atoms with Gasteiger partial charge < -0.3 is 4.74 Å². The third-order valence-electron chi connectivity index (χ3n) is 2.44. The Morgan fingerprint density at radius 3 is 2.81 bits per heavy atom. The highest BCUT2D eigenvalue weighted by atomic mass is 35.5. The van der Waals surface area contributed by atoms with Crippen LogP contribution >= 0.6 is 11.6 Å². The second-order valence-electron chi connectivity index (χ2n) is 3.62. The van der Waals surface area contributed by atoms with Crippen molar-refractivity contribution in [3.05, 3.63) is 29.0 Å². The van der Waals surface area contributed by atoms with Crippen molar-refractivity contribution < 1.29 is 13.9 Å². The summed E-state index contributed by atoms with van der Waals surface area (Å²) >= 11 is 5.75. The maximum Gasteiger partial charge on any atom is 0.174 e. The second-order valence-corrected chi connectivity index (χ2v) is 4.02. The molecule has 1 aromatic rings. The molecule has 0 N–H and O–H groups in total. The number of carbonyl (C=O) groups excluding carboxylic acids is 1. The summed E-state index contributed by atoms with van der Waals surface area (Å²) in [6.45, 7) is 3.59. The van der Waals surface area contributed by atoms with Gasteiger partial charge in [0.2, 0.25) is 0 Å². The lowest BCUT2D eigenvalue weighted by atomic mass is 10.1. The molecule has 2 nitrogen and oxygen atoms in total. The van der Waals surface area contributed by atoms with E-state index >= 15 is 0 Å². The van der Waals surface area contributed by atoms with Crippen LogP contribution < -0.4 is 4.74 Å². The van der Waals surface area contributed by atoms with Crippen LogP contribution in [0.5, 0.6) is 5.75 Å². The first-order valence-electron chi connectivity index (χ1n) is 5.15. The Hall–Kier alpha value is -1.09. The highest BCUT2D eigenvalue weighted by molar-refractivity contribution is 6.32. The van der Waals surface area contributed by atoms with E-state index in [4.69, 9.17) is 16.3 Å². The van der Waals surface area contributed by atoms with Crippen molar-refractivity contribution in [2.24, 2.45) is 5.92 Å². The van der Waals surface area contributed by atoms with Gasteiger partial charge in [0.25, 0.3) is 0 Å². The van der Waals surface area contributed by atoms with Crippen molar-refractivity contribution >= 4 is 17.4 Å². The zero-order chi connectivity index (χ0) is 12.1. The van der Waals surface area contributed by atoms with Gasteiger partial charge in [-0.2, -0.15) is 0 Å². The highest BCUT2D eigenvalue weighted by Gasteiger charge is 2.14. The summed E-state index contributed by atoms with van der Waals surface area (Å²) in [6, 6.07) is 4.25. The summed E-state index contributed by atoms with van der Waals surface area (Å²) < 4.78 is 18.4. The minimum atomic E-state index is -0.551. The van der Waals surface area contributed by atoms with Gasteiger partial charge >= 0.3 is 0 Å². The number of Topliss-reactive ketones (excluding diaryl/α,β-unsaturated/α-hetero) is 1. The van der Waals surface area contributed by atoms with Crippen molar-refractivity contribution in [1.29, 1.82) is 0 Å². The summed E-state index contributed by atoms with van der Waals surface area (Å²) in [5.41, 5.74) is 0. The molecule has 0 saturated heterocycles. The quantitative estimate of drug-likeness (QED) is 0.793. The number of carbonyl (C=O) groups is 1. The Morgan fingerprint density at radius 1 is 1.56 bits per heavy atom. The molecule has 1 atom stereocenters. The van der Waals surface area contributed by atoms with Crippen molar-refractivity contribution in [2.45, 2.75) is 20.3 Å². The minimum Gasteiger partial charge on any atom is -0.481 e. The Labute approximate surface area is 99.4 Å². The fourth-order valence-corrected chi connectivity index (χ4v) is 1.35. The molecule has 0 aliphatic heterocycles. The Morgan fingerprint density at radius 2 is 2.25 bits per heavy atom. The molecule has 16 heavy (non-hydrogen) atoms. The molecule has 88 valence electrons. The third kappa shape index (κ3) is 3.20. The first-order chi connectivity index (χ1) is 7.56. The van der Waals surface area contributed by atoms with E-state index in [2.05, 4.69) is 0 Å². The lowest BCUT2D eigenvalue weighted by Gasteiger charge is -2.10. The molecule has 0 fully saturated rings. The molecular weight excluding hydrogens is 231 g/mol. The average Bonchev–Trinajstić information content (AvgIpc) is 2.27. The van der Waals surface area contributed by atoms with Crippen LogP contribution in [0.3, 0.4) is 0 Å². The number of hydrogen-bond donors (Lipinski definition) is 0. The molecule has 0 spiro atoms. The van der Waals surface area contributed by atoms with Gasteiger partial charge in [0, 0.05) is 5.92 Å². The molecule has 0 aromatic heterocycles. The van der Waals surface area contributed by atoms with E-state index in [1.165, 1.54) is 18.2 Å². The number of rotatable bonds is 5. The van der Waals surface area contributed by atoms with Crippen LogP contribution in [0.2, 0.25) is 5.02 Å². The van der Waals surface area contributed by atoms with Crippen LogP contribution in [0.1, 0.15) is 20.3 Å². The van der Waals surface area contributed by atoms with Gasteiger partial charge in [-0.1, -0.05) is 31.5 Å². The van der Waals surface area contributed by atoms with Crippen LogP contribution in [-0.2, 0) is 4.79 Å². The van der Waals surface area contributed by atoms with Crippen molar-refractivity contribution in [3.63, 3.8) is 0 Å². The van der Waals surface area contributed by atoms with Crippen LogP contribution in [-0.4, -0.2) is 12.4 Å². The van der Waals surface area contributed by atoms with Gasteiger partial charge in [0.1, 0.15) is 6.61 Å². The second kappa shape index (κ2) is 5.85. The number of ether oxygens (including phenoxy) is 1. The van der Waals surface area contributed by atoms with E-state index in [0.717, 1.165) is 6.42 Å². The molecule has 0 heterocycles. The van der Waals surface area contributed by atoms with E-state index < -0.39 is 5.82 Å². The fourth-order valence-electron chi connectivity index (χ4n) is 1.13. The lowest BCUT2D eigenvalue weighted by molar-refractivity contribution is -0.124. The first kappa shape index (κ1) is 13.0. The normalized spacial score (nSPS) is 12.2. The summed E-state index contributed by atoms with van der Waals surface area (Å²) in [5, 5.41) is 0.178. The number of hydrogen-bond acceptors (Lipinski definition) is 2. The monoisotopic (exact) mass is 244 g/mol. The molecule has 0 radical (unpaired) electrons. The van der Waals surface area contributed by atoms with E-state index in [9.17, 15) is 9.18 Å². The van der Waals surface area contributed by atoms with Crippen LogP contribution in [0.4, 0.5) is 4.39 Å². The summed E-state index contributed by atoms with van der Waals surface area (Å²) in [6.07, 6.45) is 0.743. The van der Waals surface area contributed by atoms with E-state index in [1.807, 2.05) is 13.8 Å². The molecule has 0 saturated carbocycles. The Kier molecular flexibility index (Phi) is 4.74. The molecule has 1 rings (SSSR count). The maximum absolute atomic E-state index is 13.3.